The Bertz CT molecular complexity index is 842. The minimum absolute atomic E-state index is 0. The van der Waals surface area contributed by atoms with E-state index in [2.05, 4.69) is 33.3 Å². The van der Waals surface area contributed by atoms with Crippen LogP contribution in [-0.4, -0.2) is 31.7 Å². The lowest BCUT2D eigenvalue weighted by Gasteiger charge is -2.23. The predicted molar refractivity (Wildman–Crippen MR) is 104 cm³/mol. The van der Waals surface area contributed by atoms with Crippen LogP contribution in [0.25, 0.3) is 10.9 Å². The monoisotopic (exact) mass is 339 g/mol. The van der Waals surface area contributed by atoms with Gasteiger partial charge in [0.15, 0.2) is 6.73 Å². The maximum absolute atomic E-state index is 12.1. The molecule has 0 saturated carbocycles. The van der Waals surface area contributed by atoms with Gasteiger partial charge in [-0.1, -0.05) is 37.8 Å². The van der Waals surface area contributed by atoms with Gasteiger partial charge < -0.3 is 9.30 Å². The third-order valence-corrected chi connectivity index (χ3v) is 4.10. The van der Waals surface area contributed by atoms with Crippen molar-refractivity contribution in [3.8, 4) is 0 Å². The summed E-state index contributed by atoms with van der Waals surface area (Å²) in [7, 11) is 6.35. The third-order valence-electron chi connectivity index (χ3n) is 4.10. The summed E-state index contributed by atoms with van der Waals surface area (Å²) in [5, 5.41) is 1.14. The Balaban J connectivity index is 0.00000225. The molecule has 25 heavy (non-hydrogen) atoms. The van der Waals surface area contributed by atoms with E-state index in [0.717, 1.165) is 20.9 Å². The lowest BCUT2D eigenvalue weighted by atomic mass is 10.1. The number of carbonyl (C=O) groups is 1. The van der Waals surface area contributed by atoms with Crippen molar-refractivity contribution in [3.63, 3.8) is 0 Å². The number of carbonyl (C=O) groups excluding carboxylic acids is 1. The summed E-state index contributed by atoms with van der Waals surface area (Å²) in [6.45, 7) is 0.239. The molecule has 0 aliphatic carbocycles. The van der Waals surface area contributed by atoms with Crippen LogP contribution < -0.4 is 4.48 Å². The van der Waals surface area contributed by atoms with Crippen molar-refractivity contribution < 1.29 is 9.53 Å². The summed E-state index contributed by atoms with van der Waals surface area (Å²) in [5.74, 6) is -0.217. The fourth-order valence-corrected chi connectivity index (χ4v) is 2.67. The second-order valence-corrected chi connectivity index (χ2v) is 6.85. The van der Waals surface area contributed by atoms with Gasteiger partial charge in [-0.2, -0.15) is 0 Å². The van der Waals surface area contributed by atoms with Crippen molar-refractivity contribution in [1.82, 2.24) is 9.05 Å². The number of fused-ring (bicyclic) bond motifs is 1. The van der Waals surface area contributed by atoms with E-state index >= 15 is 0 Å². The molecule has 3 aromatic rings. The zero-order valence-electron chi connectivity index (χ0n) is 14.4. The highest BCUT2D eigenvalue weighted by Gasteiger charge is 2.12. The summed E-state index contributed by atoms with van der Waals surface area (Å²) in [6, 6.07) is 18.2. The molecule has 3 rings (SSSR count). The topological polar surface area (TPSA) is 31.2 Å². The third kappa shape index (κ3) is 4.48. The van der Waals surface area contributed by atoms with Gasteiger partial charge in [0.1, 0.15) is 5.69 Å². The van der Waals surface area contributed by atoms with Crippen LogP contribution in [0.2, 0.25) is 0 Å². The number of ether oxygens (including phenoxy) is 1. The number of esters is 1. The molecule has 0 radical (unpaired) electrons. The lowest BCUT2D eigenvalue weighted by Crippen LogP contribution is -2.34. The first-order valence-electron chi connectivity index (χ1n) is 8.04. The Labute approximate surface area is 149 Å². The second kappa shape index (κ2) is 7.53. The zero-order valence-corrected chi connectivity index (χ0v) is 14.4. The molecule has 0 spiro atoms. The number of hydrogen-bond donors (Lipinski definition) is 0. The molecular weight excluding hydrogens is 312 g/mol. The van der Waals surface area contributed by atoms with Crippen LogP contribution in [0.3, 0.4) is 0 Å². The summed E-state index contributed by atoms with van der Waals surface area (Å²) in [6.07, 6.45) is 2.23. The van der Waals surface area contributed by atoms with Crippen LogP contribution in [0.1, 0.15) is 13.0 Å². The van der Waals surface area contributed by atoms with Crippen LogP contribution in [0, 0.1) is 0 Å². The molecule has 0 saturated heterocycles. The van der Waals surface area contributed by atoms with Crippen molar-refractivity contribution >= 4 is 22.6 Å². The lowest BCUT2D eigenvalue weighted by molar-refractivity contribution is -0.146. The molecule has 2 aromatic carbocycles. The number of benzene rings is 2. The largest absolute Gasteiger partial charge is 0.444 e. The average molecular weight is 339 g/mol. The van der Waals surface area contributed by atoms with Gasteiger partial charge in [0, 0.05) is 6.20 Å². The van der Waals surface area contributed by atoms with E-state index < -0.39 is 0 Å². The number of rotatable bonds is 5. The molecular formula is C21H27N2O2+. The minimum atomic E-state index is -0.217. The van der Waals surface area contributed by atoms with Crippen LogP contribution in [0.4, 0.5) is 5.69 Å². The quantitative estimate of drug-likeness (QED) is 0.515. The smallest absolute Gasteiger partial charge is 0.311 e. The zero-order chi connectivity index (χ0) is 17.2. The highest BCUT2D eigenvalue weighted by molar-refractivity contribution is 5.80. The maximum atomic E-state index is 12.1. The van der Waals surface area contributed by atoms with Gasteiger partial charge in [-0.3, -0.25) is 9.28 Å². The molecule has 4 nitrogen and oxygen atoms in total. The van der Waals surface area contributed by atoms with E-state index in [9.17, 15) is 4.79 Å². The fraction of sp³-hybridized carbons (Fsp3) is 0.286. The van der Waals surface area contributed by atoms with Crippen molar-refractivity contribution in [3.05, 3.63) is 66.4 Å². The van der Waals surface area contributed by atoms with E-state index in [4.69, 9.17) is 4.74 Å². The molecule has 0 aliphatic heterocycles. The van der Waals surface area contributed by atoms with E-state index in [0.29, 0.717) is 0 Å². The normalized spacial score (nSPS) is 11.2. The summed E-state index contributed by atoms with van der Waals surface area (Å²) < 4.78 is 8.11. The molecule has 0 N–H and O–H groups in total. The van der Waals surface area contributed by atoms with Gasteiger partial charge in [0.05, 0.1) is 33.1 Å². The van der Waals surface area contributed by atoms with Gasteiger partial charge >= 0.3 is 5.97 Å². The van der Waals surface area contributed by atoms with Crippen molar-refractivity contribution in [1.29, 1.82) is 0 Å². The number of quaternary nitrogens is 1. The maximum Gasteiger partial charge on any atom is 0.311 e. The Morgan fingerprint density at radius 3 is 2.36 bits per heavy atom. The second-order valence-electron chi connectivity index (χ2n) is 6.85. The molecule has 0 amide bonds. The highest BCUT2D eigenvalue weighted by Crippen LogP contribution is 2.18. The van der Waals surface area contributed by atoms with E-state index in [1.807, 2.05) is 53.2 Å². The van der Waals surface area contributed by atoms with Crippen molar-refractivity contribution in [2.24, 2.45) is 0 Å². The summed E-state index contributed by atoms with van der Waals surface area (Å²) in [5.41, 5.74) is 3.23. The van der Waals surface area contributed by atoms with Crippen molar-refractivity contribution in [2.75, 3.05) is 21.1 Å². The van der Waals surface area contributed by atoms with Gasteiger partial charge in [0.25, 0.3) is 0 Å². The molecule has 0 aliphatic rings. The number of hydrogen-bond acceptors (Lipinski definition) is 2. The SMILES string of the molecule is C.C[N+](C)(C)c1ccc(CC(=O)OCn2ccc3ccccc32)cc1. The summed E-state index contributed by atoms with van der Waals surface area (Å²) >= 11 is 0. The Morgan fingerprint density at radius 1 is 1.00 bits per heavy atom. The first kappa shape index (κ1) is 18.7. The molecule has 1 heterocycles. The predicted octanol–water partition coefficient (Wildman–Crippen LogP) is 4.22. The van der Waals surface area contributed by atoms with Crippen molar-refractivity contribution in [2.45, 2.75) is 20.6 Å². The number of aromatic nitrogens is 1. The summed E-state index contributed by atoms with van der Waals surface area (Å²) in [4.78, 5) is 12.1. The standard InChI is InChI=1S/C20H23N2O2.CH4/c1-22(2,3)18-10-8-16(9-11-18)14-20(23)24-15-21-13-12-17-6-4-5-7-19(17)21;/h4-13H,14-15H2,1-3H3;1H4/q+1;. The van der Waals surface area contributed by atoms with Crippen LogP contribution in [0.15, 0.2) is 60.8 Å². The molecule has 132 valence electrons. The molecule has 0 bridgehead atoms. The van der Waals surface area contributed by atoms with Gasteiger partial charge in [-0.25, -0.2) is 0 Å². The number of nitrogens with zero attached hydrogens (tertiary/aromatic N) is 2. The average Bonchev–Trinajstić information content (AvgIpc) is 2.96. The minimum Gasteiger partial charge on any atom is -0.444 e. The molecule has 4 heteroatoms. The van der Waals surface area contributed by atoms with Crippen LogP contribution in [-0.2, 0) is 22.7 Å². The Morgan fingerprint density at radius 2 is 1.68 bits per heavy atom. The van der Waals surface area contributed by atoms with E-state index in [1.165, 1.54) is 5.69 Å². The highest BCUT2D eigenvalue weighted by atomic mass is 16.5. The molecule has 0 unspecified atom stereocenters. The van der Waals surface area contributed by atoms with E-state index in [1.54, 1.807) is 0 Å². The first-order valence-corrected chi connectivity index (χ1v) is 8.04. The fourth-order valence-electron chi connectivity index (χ4n) is 2.67. The molecule has 1 aromatic heterocycles. The van der Waals surface area contributed by atoms with Crippen LogP contribution in [0.5, 0.6) is 0 Å². The first-order chi connectivity index (χ1) is 11.4. The van der Waals surface area contributed by atoms with Crippen LogP contribution >= 0.6 is 0 Å². The van der Waals surface area contributed by atoms with Gasteiger partial charge in [0.2, 0.25) is 0 Å². The van der Waals surface area contributed by atoms with E-state index in [-0.39, 0.29) is 26.5 Å². The number of para-hydroxylation sites is 1. The molecule has 0 atom stereocenters. The molecule has 0 fully saturated rings. The Kier molecular flexibility index (Phi) is 5.65. The Hall–Kier alpha value is -2.59. The van der Waals surface area contributed by atoms with Gasteiger partial charge in [-0.15, -0.1) is 0 Å². The van der Waals surface area contributed by atoms with Gasteiger partial charge in [-0.05, 0) is 35.2 Å².